The zero-order chi connectivity index (χ0) is 19.5. The second kappa shape index (κ2) is 7.32. The number of hydrogen-bond acceptors (Lipinski definition) is 5. The number of carboxylic acids is 1. The third-order valence-electron chi connectivity index (χ3n) is 3.15. The van der Waals surface area contributed by atoms with Crippen molar-refractivity contribution >= 4 is 16.0 Å². The number of nitrogens with one attached hydrogen (secondary N) is 1. The second-order valence-corrected chi connectivity index (χ2v) is 6.60. The maximum absolute atomic E-state index is 12.9. The molecule has 2 aromatic rings. The SMILES string of the molecule is O=C(O)c1ccccc1Oc1ccc(C(F)(F)F)cc1S(=O)(=O)NCO. The van der Waals surface area contributed by atoms with Crippen molar-refractivity contribution in [2.45, 2.75) is 11.1 Å². The van der Waals surface area contributed by atoms with Gasteiger partial charge in [0.25, 0.3) is 0 Å². The second-order valence-electron chi connectivity index (χ2n) is 4.87. The summed E-state index contributed by atoms with van der Waals surface area (Å²) in [6.07, 6.45) is -4.82. The number of aliphatic hydroxyl groups is 1. The monoisotopic (exact) mass is 391 g/mol. The van der Waals surface area contributed by atoms with E-state index in [1.54, 1.807) is 4.72 Å². The number of carbonyl (C=O) groups is 1. The zero-order valence-electron chi connectivity index (χ0n) is 12.8. The fraction of sp³-hybridized carbons (Fsp3) is 0.133. The first-order valence-electron chi connectivity index (χ1n) is 6.88. The standard InChI is InChI=1S/C15H12F3NO6S/c16-15(17,18)9-5-6-12(13(7-9)26(23,24)19-8-20)25-11-4-2-1-3-10(11)14(21)22/h1-7,19-20H,8H2,(H,21,22). The third kappa shape index (κ3) is 4.31. The molecule has 0 heterocycles. The van der Waals surface area contributed by atoms with Gasteiger partial charge in [-0.15, -0.1) is 0 Å². The van der Waals surface area contributed by atoms with Gasteiger partial charge in [-0.05, 0) is 30.3 Å². The molecule has 3 N–H and O–H groups in total. The van der Waals surface area contributed by atoms with Crippen LogP contribution < -0.4 is 9.46 Å². The molecule has 0 aromatic heterocycles. The van der Waals surface area contributed by atoms with E-state index in [0.717, 1.165) is 6.07 Å². The molecule has 0 bridgehead atoms. The Kier molecular flexibility index (Phi) is 5.54. The van der Waals surface area contributed by atoms with E-state index in [1.807, 2.05) is 0 Å². The van der Waals surface area contributed by atoms with Crippen LogP contribution >= 0.6 is 0 Å². The van der Waals surface area contributed by atoms with Crippen LogP contribution in [0.25, 0.3) is 0 Å². The molecule has 0 unspecified atom stereocenters. The normalized spacial score (nSPS) is 12.0. The summed E-state index contributed by atoms with van der Waals surface area (Å²) in [5.41, 5.74) is -1.57. The number of halogens is 3. The molecule has 0 saturated carbocycles. The molecular formula is C15H12F3NO6S. The van der Waals surface area contributed by atoms with E-state index in [4.69, 9.17) is 14.9 Å². The maximum Gasteiger partial charge on any atom is 0.416 e. The summed E-state index contributed by atoms with van der Waals surface area (Å²) >= 11 is 0. The van der Waals surface area contributed by atoms with Crippen LogP contribution in [0.3, 0.4) is 0 Å². The van der Waals surface area contributed by atoms with Crippen molar-refractivity contribution < 1.29 is 41.3 Å². The maximum atomic E-state index is 12.9. The Balaban J connectivity index is 2.61. The highest BCUT2D eigenvalue weighted by Gasteiger charge is 2.33. The van der Waals surface area contributed by atoms with Gasteiger partial charge in [0.2, 0.25) is 10.0 Å². The van der Waals surface area contributed by atoms with Crippen molar-refractivity contribution in [3.63, 3.8) is 0 Å². The number of benzene rings is 2. The largest absolute Gasteiger partial charge is 0.478 e. The number of sulfonamides is 1. The molecule has 140 valence electrons. The summed E-state index contributed by atoms with van der Waals surface area (Å²) in [7, 11) is -4.55. The van der Waals surface area contributed by atoms with Crippen molar-refractivity contribution in [3.05, 3.63) is 53.6 Å². The highest BCUT2D eigenvalue weighted by Crippen LogP contribution is 2.36. The predicted octanol–water partition coefficient (Wildman–Crippen LogP) is 2.42. The van der Waals surface area contributed by atoms with Crippen molar-refractivity contribution in [2.24, 2.45) is 0 Å². The van der Waals surface area contributed by atoms with Gasteiger partial charge < -0.3 is 14.9 Å². The van der Waals surface area contributed by atoms with Gasteiger partial charge in [0, 0.05) is 0 Å². The molecule has 0 spiro atoms. The van der Waals surface area contributed by atoms with E-state index in [2.05, 4.69) is 0 Å². The molecule has 0 fully saturated rings. The first-order chi connectivity index (χ1) is 12.1. The Bertz CT molecular complexity index is 927. The molecule has 0 amide bonds. The van der Waals surface area contributed by atoms with E-state index < -0.39 is 45.1 Å². The number of hydrogen-bond donors (Lipinski definition) is 3. The molecule has 0 aliphatic carbocycles. The van der Waals surface area contributed by atoms with Crippen LogP contribution in [0.1, 0.15) is 15.9 Å². The topological polar surface area (TPSA) is 113 Å². The van der Waals surface area contributed by atoms with E-state index in [-0.39, 0.29) is 11.3 Å². The molecule has 0 saturated heterocycles. The molecule has 2 aromatic carbocycles. The summed E-state index contributed by atoms with van der Waals surface area (Å²) in [5.74, 6) is -2.17. The quantitative estimate of drug-likeness (QED) is 0.652. The van der Waals surface area contributed by atoms with Gasteiger partial charge >= 0.3 is 12.1 Å². The summed E-state index contributed by atoms with van der Waals surface area (Å²) in [5, 5.41) is 17.9. The number of carboxylic acid groups (broad SMARTS) is 1. The van der Waals surface area contributed by atoms with Crippen molar-refractivity contribution in [2.75, 3.05) is 6.73 Å². The first kappa shape index (κ1) is 19.7. The minimum absolute atomic E-state index is 0.264. The Morgan fingerprint density at radius 1 is 1.12 bits per heavy atom. The minimum atomic E-state index is -4.82. The van der Waals surface area contributed by atoms with Crippen molar-refractivity contribution in [3.8, 4) is 11.5 Å². The number of rotatable bonds is 6. The summed E-state index contributed by atoms with van der Waals surface area (Å²) in [6.45, 7) is -1.05. The predicted molar refractivity (Wildman–Crippen MR) is 82.3 cm³/mol. The van der Waals surface area contributed by atoms with Gasteiger partial charge in [0.1, 0.15) is 28.7 Å². The summed E-state index contributed by atoms with van der Waals surface area (Å²) < 4.78 is 69.8. The number of aliphatic hydroxyl groups excluding tert-OH is 1. The van der Waals surface area contributed by atoms with Crippen LogP contribution in [0.5, 0.6) is 11.5 Å². The number of ether oxygens (including phenoxy) is 1. The lowest BCUT2D eigenvalue weighted by Gasteiger charge is -2.15. The lowest BCUT2D eigenvalue weighted by atomic mass is 10.2. The molecule has 0 aliphatic heterocycles. The smallest absolute Gasteiger partial charge is 0.416 e. The lowest BCUT2D eigenvalue weighted by molar-refractivity contribution is -0.137. The Morgan fingerprint density at radius 2 is 1.77 bits per heavy atom. The molecule has 26 heavy (non-hydrogen) atoms. The minimum Gasteiger partial charge on any atom is -0.478 e. The average molecular weight is 391 g/mol. The average Bonchev–Trinajstić information content (AvgIpc) is 2.54. The van der Waals surface area contributed by atoms with Crippen LogP contribution in [0.15, 0.2) is 47.4 Å². The van der Waals surface area contributed by atoms with Crippen LogP contribution in [0.2, 0.25) is 0 Å². The Labute approximate surface area is 145 Å². The molecular weight excluding hydrogens is 379 g/mol. The van der Waals surface area contributed by atoms with E-state index in [0.29, 0.717) is 12.1 Å². The van der Waals surface area contributed by atoms with E-state index >= 15 is 0 Å². The van der Waals surface area contributed by atoms with Crippen LogP contribution in [0, 0.1) is 0 Å². The number of aromatic carboxylic acids is 1. The lowest BCUT2D eigenvalue weighted by Crippen LogP contribution is -2.25. The molecule has 0 aliphatic rings. The van der Waals surface area contributed by atoms with Gasteiger partial charge in [-0.25, -0.2) is 13.2 Å². The highest BCUT2D eigenvalue weighted by atomic mass is 32.2. The first-order valence-corrected chi connectivity index (χ1v) is 8.36. The third-order valence-corrected chi connectivity index (χ3v) is 4.56. The zero-order valence-corrected chi connectivity index (χ0v) is 13.6. The van der Waals surface area contributed by atoms with Crippen molar-refractivity contribution in [1.82, 2.24) is 4.72 Å². The van der Waals surface area contributed by atoms with Crippen molar-refractivity contribution in [1.29, 1.82) is 0 Å². The molecule has 0 atom stereocenters. The Morgan fingerprint density at radius 3 is 2.35 bits per heavy atom. The Hall–Kier alpha value is -2.63. The molecule has 2 rings (SSSR count). The fourth-order valence-corrected chi connectivity index (χ4v) is 2.97. The fourth-order valence-electron chi connectivity index (χ4n) is 1.99. The van der Waals surface area contributed by atoms with Crippen LogP contribution in [-0.2, 0) is 16.2 Å². The molecule has 11 heteroatoms. The van der Waals surface area contributed by atoms with Gasteiger partial charge in [-0.2, -0.15) is 17.9 Å². The molecule has 7 nitrogen and oxygen atoms in total. The number of para-hydroxylation sites is 1. The van der Waals surface area contributed by atoms with Gasteiger partial charge in [-0.1, -0.05) is 12.1 Å². The van der Waals surface area contributed by atoms with E-state index in [9.17, 15) is 26.4 Å². The number of alkyl halides is 3. The van der Waals surface area contributed by atoms with Gasteiger partial charge in [0.05, 0.1) is 5.56 Å². The van der Waals surface area contributed by atoms with Gasteiger partial charge in [-0.3, -0.25) is 0 Å². The summed E-state index contributed by atoms with van der Waals surface area (Å²) in [6, 6.07) is 6.89. The van der Waals surface area contributed by atoms with Crippen LogP contribution in [-0.4, -0.2) is 31.3 Å². The highest BCUT2D eigenvalue weighted by molar-refractivity contribution is 7.89. The van der Waals surface area contributed by atoms with E-state index in [1.165, 1.54) is 24.3 Å². The van der Waals surface area contributed by atoms with Gasteiger partial charge in [0.15, 0.2) is 0 Å². The summed E-state index contributed by atoms with van der Waals surface area (Å²) in [4.78, 5) is 10.3. The molecule has 0 radical (unpaired) electrons. The van der Waals surface area contributed by atoms with Crippen LogP contribution in [0.4, 0.5) is 13.2 Å².